The fraction of sp³-hybridized carbons (Fsp3) is 1.00. The predicted octanol–water partition coefficient (Wildman–Crippen LogP) is 5.32. The van der Waals surface area contributed by atoms with E-state index >= 15 is 0 Å². The molecule has 3 aliphatic heterocycles. The van der Waals surface area contributed by atoms with Gasteiger partial charge in [0.2, 0.25) is 0 Å². The molecule has 0 radical (unpaired) electrons. The van der Waals surface area contributed by atoms with E-state index in [0.717, 1.165) is 13.0 Å². The van der Waals surface area contributed by atoms with Gasteiger partial charge in [-0.3, -0.25) is 0 Å². The van der Waals surface area contributed by atoms with Crippen LogP contribution in [0, 0.1) is 0 Å². The Hall–Kier alpha value is -0.240. The molecule has 0 spiro atoms. The molecule has 0 bridgehead atoms. The Balaban J connectivity index is 1.31. The van der Waals surface area contributed by atoms with E-state index in [2.05, 4.69) is 6.92 Å². The van der Waals surface area contributed by atoms with Crippen molar-refractivity contribution in [1.82, 2.24) is 0 Å². The first-order valence-corrected chi connectivity index (χ1v) is 12.3. The maximum Gasteiger partial charge on any atom is 0.190 e. The van der Waals surface area contributed by atoms with Gasteiger partial charge in [-0.15, -0.1) is 0 Å². The summed E-state index contributed by atoms with van der Waals surface area (Å²) >= 11 is 0. The molecule has 0 unspecified atom stereocenters. The smallest absolute Gasteiger partial charge is 0.190 e. The van der Waals surface area contributed by atoms with Crippen LogP contribution in [0.4, 0.5) is 0 Å². The molecule has 3 saturated heterocycles. The molecule has 3 heterocycles. The summed E-state index contributed by atoms with van der Waals surface area (Å²) in [5.41, 5.74) is 0. The molecule has 0 aromatic heterocycles. The molecule has 176 valence electrons. The van der Waals surface area contributed by atoms with E-state index in [4.69, 9.17) is 28.4 Å². The van der Waals surface area contributed by atoms with E-state index in [0.29, 0.717) is 6.61 Å². The minimum absolute atomic E-state index is 0.202. The van der Waals surface area contributed by atoms with Crippen LogP contribution in [0.2, 0.25) is 0 Å². The van der Waals surface area contributed by atoms with Gasteiger partial charge >= 0.3 is 0 Å². The molecule has 0 aromatic carbocycles. The van der Waals surface area contributed by atoms with Gasteiger partial charge in [0.25, 0.3) is 0 Å². The first-order chi connectivity index (χ1) is 14.3. The van der Waals surface area contributed by atoms with Crippen molar-refractivity contribution in [2.45, 2.75) is 141 Å². The van der Waals surface area contributed by atoms with E-state index < -0.39 is 17.9 Å². The van der Waals surface area contributed by atoms with E-state index in [1.54, 1.807) is 0 Å². The highest BCUT2D eigenvalue weighted by atomic mass is 16.9. The van der Waals surface area contributed by atoms with Crippen molar-refractivity contribution in [3.05, 3.63) is 0 Å². The van der Waals surface area contributed by atoms with E-state index in [1.807, 2.05) is 27.7 Å². The average molecular weight is 429 g/mol. The minimum atomic E-state index is -0.679. The van der Waals surface area contributed by atoms with Gasteiger partial charge in [0.1, 0.15) is 24.4 Å². The number of ether oxygens (including phenoxy) is 6. The van der Waals surface area contributed by atoms with E-state index in [1.165, 1.54) is 57.8 Å². The predicted molar refractivity (Wildman–Crippen MR) is 115 cm³/mol. The lowest BCUT2D eigenvalue weighted by molar-refractivity contribution is -0.243. The Kier molecular flexibility index (Phi) is 9.00. The number of fused-ring (bicyclic) bond motifs is 3. The van der Waals surface area contributed by atoms with E-state index in [9.17, 15) is 0 Å². The van der Waals surface area contributed by atoms with Gasteiger partial charge in [-0.1, -0.05) is 64.7 Å². The van der Waals surface area contributed by atoms with Crippen LogP contribution in [0.3, 0.4) is 0 Å². The zero-order valence-electron chi connectivity index (χ0n) is 19.8. The molecule has 0 amide bonds. The number of hydrogen-bond donors (Lipinski definition) is 0. The fourth-order valence-electron chi connectivity index (χ4n) is 4.72. The highest BCUT2D eigenvalue weighted by Gasteiger charge is 2.60. The standard InChI is InChI=1S/C24H44O6/c1-6-7-8-9-10-11-12-13-14-15-16-25-17-18-19-20(28-23(2,3)27-19)21-22(26-18)30-24(4,5)29-21/h18-22H,6-17H2,1-5H3/t18-,19+,20-,21+,22-/m0/s1. The zero-order valence-corrected chi connectivity index (χ0v) is 19.8. The van der Waals surface area contributed by atoms with Crippen molar-refractivity contribution in [1.29, 1.82) is 0 Å². The lowest BCUT2D eigenvalue weighted by Crippen LogP contribution is -2.56. The Morgan fingerprint density at radius 3 is 1.83 bits per heavy atom. The van der Waals surface area contributed by atoms with E-state index in [-0.39, 0.29) is 24.4 Å². The van der Waals surface area contributed by atoms with Crippen LogP contribution in [-0.4, -0.2) is 55.5 Å². The number of unbranched alkanes of at least 4 members (excludes halogenated alkanes) is 9. The Bertz CT molecular complexity index is 508. The monoisotopic (exact) mass is 428 g/mol. The minimum Gasteiger partial charge on any atom is -0.379 e. The summed E-state index contributed by atoms with van der Waals surface area (Å²) in [5.74, 6) is -1.33. The molecule has 5 atom stereocenters. The molecule has 0 aromatic rings. The van der Waals surface area contributed by atoms with Crippen molar-refractivity contribution in [3.63, 3.8) is 0 Å². The molecule has 0 N–H and O–H groups in total. The molecular formula is C24H44O6. The lowest BCUT2D eigenvalue weighted by atomic mass is 9.99. The molecular weight excluding hydrogens is 384 g/mol. The molecule has 3 rings (SSSR count). The van der Waals surface area contributed by atoms with Crippen LogP contribution < -0.4 is 0 Å². The normalized spacial score (nSPS) is 34.1. The maximum atomic E-state index is 6.18. The lowest BCUT2D eigenvalue weighted by Gasteiger charge is -2.37. The summed E-state index contributed by atoms with van der Waals surface area (Å²) in [5, 5.41) is 0. The van der Waals surface area contributed by atoms with Gasteiger partial charge in [0.15, 0.2) is 17.9 Å². The molecule has 6 nitrogen and oxygen atoms in total. The molecule has 0 aliphatic carbocycles. The molecule has 3 aliphatic rings. The first kappa shape index (κ1) is 24.4. The summed E-state index contributed by atoms with van der Waals surface area (Å²) in [6.45, 7) is 11.2. The summed E-state index contributed by atoms with van der Waals surface area (Å²) in [6.07, 6.45) is 11.9. The maximum absolute atomic E-state index is 6.18. The Morgan fingerprint density at radius 2 is 1.17 bits per heavy atom. The molecule has 6 heteroatoms. The van der Waals surface area contributed by atoms with Crippen molar-refractivity contribution in [2.24, 2.45) is 0 Å². The highest BCUT2D eigenvalue weighted by Crippen LogP contribution is 2.44. The Morgan fingerprint density at radius 1 is 0.633 bits per heavy atom. The van der Waals surface area contributed by atoms with Crippen molar-refractivity contribution in [2.75, 3.05) is 13.2 Å². The van der Waals surface area contributed by atoms with Crippen LogP contribution in [0.25, 0.3) is 0 Å². The summed E-state index contributed by atoms with van der Waals surface area (Å²) < 4.78 is 36.4. The van der Waals surface area contributed by atoms with Crippen LogP contribution in [0.15, 0.2) is 0 Å². The zero-order chi connectivity index (χ0) is 21.6. The summed E-state index contributed by atoms with van der Waals surface area (Å²) in [4.78, 5) is 0. The van der Waals surface area contributed by atoms with Crippen LogP contribution in [0.5, 0.6) is 0 Å². The second-order valence-corrected chi connectivity index (χ2v) is 9.96. The topological polar surface area (TPSA) is 55.4 Å². The number of rotatable bonds is 13. The Labute approximate surface area is 183 Å². The van der Waals surface area contributed by atoms with Gasteiger partial charge in [0, 0.05) is 6.61 Å². The first-order valence-electron chi connectivity index (χ1n) is 12.3. The molecule has 3 fully saturated rings. The van der Waals surface area contributed by atoms with Crippen molar-refractivity contribution >= 4 is 0 Å². The van der Waals surface area contributed by atoms with Gasteiger partial charge in [-0.05, 0) is 34.1 Å². The fourth-order valence-corrected chi connectivity index (χ4v) is 4.72. The third-order valence-corrected chi connectivity index (χ3v) is 6.18. The number of hydrogen-bond acceptors (Lipinski definition) is 6. The van der Waals surface area contributed by atoms with Crippen LogP contribution >= 0.6 is 0 Å². The highest BCUT2D eigenvalue weighted by molar-refractivity contribution is 5.00. The molecule has 30 heavy (non-hydrogen) atoms. The largest absolute Gasteiger partial charge is 0.379 e. The quantitative estimate of drug-likeness (QED) is 0.370. The third-order valence-electron chi connectivity index (χ3n) is 6.18. The SMILES string of the molecule is CCCCCCCCCCCCOC[C@@H]1O[C@H]2OC(C)(C)O[C@@H]2[C@H]2OC(C)(C)O[C@@H]21. The van der Waals surface area contributed by atoms with Crippen LogP contribution in [-0.2, 0) is 28.4 Å². The third kappa shape index (κ3) is 6.88. The molecule has 0 saturated carbocycles. The summed E-state index contributed by atoms with van der Waals surface area (Å²) in [7, 11) is 0. The van der Waals surface area contributed by atoms with Crippen molar-refractivity contribution < 1.29 is 28.4 Å². The average Bonchev–Trinajstić information content (AvgIpc) is 3.16. The van der Waals surface area contributed by atoms with Gasteiger partial charge < -0.3 is 28.4 Å². The van der Waals surface area contributed by atoms with Crippen LogP contribution in [0.1, 0.15) is 98.8 Å². The van der Waals surface area contributed by atoms with Gasteiger partial charge in [0.05, 0.1) is 6.61 Å². The summed E-state index contributed by atoms with van der Waals surface area (Å²) in [6, 6.07) is 0. The second-order valence-electron chi connectivity index (χ2n) is 9.96. The van der Waals surface area contributed by atoms with Crippen molar-refractivity contribution in [3.8, 4) is 0 Å². The second kappa shape index (κ2) is 11.1. The van der Waals surface area contributed by atoms with Gasteiger partial charge in [-0.2, -0.15) is 0 Å². The van der Waals surface area contributed by atoms with Gasteiger partial charge in [-0.25, -0.2) is 0 Å².